The molecule has 3 aromatic rings. The van der Waals surface area contributed by atoms with Gasteiger partial charge in [0.1, 0.15) is 0 Å². The highest BCUT2D eigenvalue weighted by Gasteiger charge is 2.25. The molecule has 0 unspecified atom stereocenters. The number of carbonyl (C=O) groups excluding carboxylic acids is 1. The van der Waals surface area contributed by atoms with Crippen molar-refractivity contribution in [3.63, 3.8) is 0 Å². The monoisotopic (exact) mass is 322 g/mol. The van der Waals surface area contributed by atoms with Gasteiger partial charge >= 0.3 is 0 Å². The number of piperazine rings is 1. The van der Waals surface area contributed by atoms with Crippen LogP contribution in [0.5, 0.6) is 0 Å². The van der Waals surface area contributed by atoms with Gasteiger partial charge in [-0.1, -0.05) is 30.3 Å². The van der Waals surface area contributed by atoms with E-state index in [1.807, 2.05) is 11.0 Å². The molecule has 1 aliphatic heterocycles. The first kappa shape index (κ1) is 14.8. The van der Waals surface area contributed by atoms with Gasteiger partial charge in [0.25, 0.3) is 11.7 Å². The van der Waals surface area contributed by atoms with Crippen LogP contribution < -0.4 is 0 Å². The summed E-state index contributed by atoms with van der Waals surface area (Å²) in [6.45, 7) is 4.00. The molecule has 3 heterocycles. The lowest BCUT2D eigenvalue weighted by Crippen LogP contribution is -2.48. The predicted molar refractivity (Wildman–Crippen MR) is 88.4 cm³/mol. The molecular formula is C17H18N6O. The molecule has 0 radical (unpaired) electrons. The molecule has 0 atom stereocenters. The number of aromatic nitrogens is 4. The topological polar surface area (TPSA) is 66.6 Å². The normalized spacial score (nSPS) is 15.8. The van der Waals surface area contributed by atoms with E-state index in [-0.39, 0.29) is 11.7 Å². The number of hydrogen-bond acceptors (Lipinski definition) is 5. The average molecular weight is 322 g/mol. The van der Waals surface area contributed by atoms with Crippen LogP contribution in [0.25, 0.3) is 5.78 Å². The van der Waals surface area contributed by atoms with Crippen molar-refractivity contribution in [1.82, 2.24) is 29.4 Å². The Balaban J connectivity index is 1.39. The lowest BCUT2D eigenvalue weighted by atomic mass is 10.2. The van der Waals surface area contributed by atoms with E-state index in [0.717, 1.165) is 19.6 Å². The zero-order chi connectivity index (χ0) is 16.4. The maximum absolute atomic E-state index is 12.6. The van der Waals surface area contributed by atoms with Crippen molar-refractivity contribution in [2.75, 3.05) is 26.2 Å². The Bertz CT molecular complexity index is 805. The van der Waals surface area contributed by atoms with Gasteiger partial charge in [-0.15, -0.1) is 5.10 Å². The minimum absolute atomic E-state index is 0.125. The molecule has 7 nitrogen and oxygen atoms in total. The van der Waals surface area contributed by atoms with E-state index >= 15 is 0 Å². The summed E-state index contributed by atoms with van der Waals surface area (Å²) < 4.78 is 1.53. The van der Waals surface area contributed by atoms with Gasteiger partial charge in [0, 0.05) is 45.1 Å². The van der Waals surface area contributed by atoms with Crippen LogP contribution in [0, 0.1) is 0 Å². The fraction of sp³-hybridized carbons (Fsp3) is 0.294. The maximum atomic E-state index is 12.6. The minimum Gasteiger partial charge on any atom is -0.333 e. The van der Waals surface area contributed by atoms with Gasteiger partial charge in [-0.2, -0.15) is 4.98 Å². The van der Waals surface area contributed by atoms with Gasteiger partial charge in [-0.25, -0.2) is 9.50 Å². The van der Waals surface area contributed by atoms with Gasteiger partial charge in [0.2, 0.25) is 5.82 Å². The number of amides is 1. The van der Waals surface area contributed by atoms with E-state index in [2.05, 4.69) is 44.2 Å². The Labute approximate surface area is 139 Å². The second kappa shape index (κ2) is 6.37. The molecule has 0 spiro atoms. The first-order valence-electron chi connectivity index (χ1n) is 8.02. The van der Waals surface area contributed by atoms with Crippen LogP contribution in [0.4, 0.5) is 0 Å². The van der Waals surface area contributed by atoms with Crippen LogP contribution >= 0.6 is 0 Å². The summed E-state index contributed by atoms with van der Waals surface area (Å²) in [5, 5.41) is 4.21. The van der Waals surface area contributed by atoms with Crippen molar-refractivity contribution < 1.29 is 4.79 Å². The number of benzene rings is 1. The number of fused-ring (bicyclic) bond motifs is 1. The third-order valence-corrected chi connectivity index (χ3v) is 4.22. The van der Waals surface area contributed by atoms with Crippen molar-refractivity contribution in [3.05, 3.63) is 60.2 Å². The zero-order valence-electron chi connectivity index (χ0n) is 13.2. The van der Waals surface area contributed by atoms with Crippen molar-refractivity contribution in [3.8, 4) is 0 Å². The molecule has 0 saturated carbocycles. The Morgan fingerprint density at radius 1 is 1.04 bits per heavy atom. The van der Waals surface area contributed by atoms with Crippen LogP contribution in [-0.4, -0.2) is 61.5 Å². The van der Waals surface area contributed by atoms with Crippen molar-refractivity contribution in [1.29, 1.82) is 0 Å². The van der Waals surface area contributed by atoms with E-state index in [1.165, 1.54) is 10.1 Å². The maximum Gasteiger partial charge on any atom is 0.293 e. The second-order valence-electron chi connectivity index (χ2n) is 5.85. The summed E-state index contributed by atoms with van der Waals surface area (Å²) in [4.78, 5) is 25.1. The van der Waals surface area contributed by atoms with Crippen LogP contribution in [0.1, 0.15) is 16.2 Å². The largest absolute Gasteiger partial charge is 0.333 e. The van der Waals surface area contributed by atoms with Gasteiger partial charge in [0.05, 0.1) is 0 Å². The molecular weight excluding hydrogens is 304 g/mol. The molecule has 0 aliphatic carbocycles. The zero-order valence-corrected chi connectivity index (χ0v) is 13.2. The van der Waals surface area contributed by atoms with Crippen molar-refractivity contribution >= 4 is 11.7 Å². The van der Waals surface area contributed by atoms with Crippen LogP contribution in [0.2, 0.25) is 0 Å². The van der Waals surface area contributed by atoms with Crippen molar-refractivity contribution in [2.45, 2.75) is 6.54 Å². The number of hydrogen-bond donors (Lipinski definition) is 0. The van der Waals surface area contributed by atoms with Crippen LogP contribution in [0.3, 0.4) is 0 Å². The molecule has 122 valence electrons. The van der Waals surface area contributed by atoms with E-state index < -0.39 is 0 Å². The first-order valence-corrected chi connectivity index (χ1v) is 8.02. The smallest absolute Gasteiger partial charge is 0.293 e. The molecule has 1 fully saturated rings. The van der Waals surface area contributed by atoms with E-state index in [1.54, 1.807) is 18.5 Å². The fourth-order valence-electron chi connectivity index (χ4n) is 2.92. The Kier molecular flexibility index (Phi) is 3.92. The molecule has 0 bridgehead atoms. The third kappa shape index (κ3) is 2.98. The van der Waals surface area contributed by atoms with E-state index in [4.69, 9.17) is 0 Å². The van der Waals surface area contributed by atoms with Gasteiger partial charge < -0.3 is 4.90 Å². The molecule has 4 rings (SSSR count). The average Bonchev–Trinajstić information content (AvgIpc) is 3.07. The van der Waals surface area contributed by atoms with Gasteiger partial charge in [0.15, 0.2) is 0 Å². The molecule has 2 aromatic heterocycles. The molecule has 7 heteroatoms. The summed E-state index contributed by atoms with van der Waals surface area (Å²) in [7, 11) is 0. The standard InChI is InChI=1S/C17H18N6O/c24-16(15-19-17-18-7-4-8-23(17)20-15)22-11-9-21(10-12-22)13-14-5-2-1-3-6-14/h1-8H,9-13H2. The van der Waals surface area contributed by atoms with Crippen molar-refractivity contribution in [2.24, 2.45) is 0 Å². The highest BCUT2D eigenvalue weighted by Crippen LogP contribution is 2.10. The molecule has 24 heavy (non-hydrogen) atoms. The lowest BCUT2D eigenvalue weighted by Gasteiger charge is -2.34. The first-order chi connectivity index (χ1) is 11.8. The van der Waals surface area contributed by atoms with Crippen LogP contribution in [0.15, 0.2) is 48.8 Å². The molecule has 1 aromatic carbocycles. The summed E-state index contributed by atoms with van der Waals surface area (Å²) in [5.74, 6) is 0.536. The van der Waals surface area contributed by atoms with Gasteiger partial charge in [-0.3, -0.25) is 9.69 Å². The highest BCUT2D eigenvalue weighted by molar-refractivity contribution is 5.90. The van der Waals surface area contributed by atoms with E-state index in [0.29, 0.717) is 18.9 Å². The number of rotatable bonds is 3. The Morgan fingerprint density at radius 2 is 1.83 bits per heavy atom. The molecule has 1 saturated heterocycles. The quantitative estimate of drug-likeness (QED) is 0.722. The van der Waals surface area contributed by atoms with Gasteiger partial charge in [-0.05, 0) is 11.6 Å². The number of carbonyl (C=O) groups is 1. The molecule has 1 amide bonds. The lowest BCUT2D eigenvalue weighted by molar-refractivity contribution is 0.0617. The molecule has 0 N–H and O–H groups in total. The minimum atomic E-state index is -0.125. The highest BCUT2D eigenvalue weighted by atomic mass is 16.2. The SMILES string of the molecule is O=C(c1nc2ncccn2n1)N1CCN(Cc2ccccc2)CC1. The molecule has 1 aliphatic rings. The fourth-order valence-corrected chi connectivity index (χ4v) is 2.92. The summed E-state index contributed by atoms with van der Waals surface area (Å²) in [6.07, 6.45) is 3.38. The van der Waals surface area contributed by atoms with Crippen LogP contribution in [-0.2, 0) is 6.54 Å². The summed E-state index contributed by atoms with van der Waals surface area (Å²) in [5.41, 5.74) is 1.30. The summed E-state index contributed by atoms with van der Waals surface area (Å²) >= 11 is 0. The second-order valence-corrected chi connectivity index (χ2v) is 5.85. The third-order valence-electron chi connectivity index (χ3n) is 4.22. The van der Waals surface area contributed by atoms with E-state index in [9.17, 15) is 4.79 Å². The predicted octanol–water partition coefficient (Wildman–Crippen LogP) is 1.08. The summed E-state index contributed by atoms with van der Waals surface area (Å²) in [6, 6.07) is 12.2. The Morgan fingerprint density at radius 3 is 2.58 bits per heavy atom. The number of nitrogens with zero attached hydrogens (tertiary/aromatic N) is 6. The Hall–Kier alpha value is -2.80.